The fourth-order valence-corrected chi connectivity index (χ4v) is 5.04. The molecule has 0 atom stereocenters. The molecule has 196 valence electrons. The number of amides is 2. The van der Waals surface area contributed by atoms with Gasteiger partial charge in [0.15, 0.2) is 0 Å². The molecule has 2 heterocycles. The van der Waals surface area contributed by atoms with Crippen molar-refractivity contribution in [3.8, 4) is 17.2 Å². The third kappa shape index (κ3) is 6.33. The van der Waals surface area contributed by atoms with Crippen LogP contribution in [-0.2, 0) is 6.54 Å². The molecule has 0 radical (unpaired) electrons. The quantitative estimate of drug-likeness (QED) is 0.301. The van der Waals surface area contributed by atoms with Gasteiger partial charge in [-0.15, -0.1) is 0 Å². The molecule has 0 bridgehead atoms. The van der Waals surface area contributed by atoms with Gasteiger partial charge < -0.3 is 15.6 Å². The third-order valence-electron chi connectivity index (χ3n) is 7.09. The third-order valence-corrected chi connectivity index (χ3v) is 7.09. The molecule has 3 N–H and O–H groups in total. The summed E-state index contributed by atoms with van der Waals surface area (Å²) in [7, 11) is 0. The number of H-pyrrole nitrogens is 1. The molecular weight excluding hydrogens is 488 g/mol. The van der Waals surface area contributed by atoms with Crippen molar-refractivity contribution < 1.29 is 4.79 Å². The van der Waals surface area contributed by atoms with E-state index in [2.05, 4.69) is 26.7 Å². The van der Waals surface area contributed by atoms with Crippen molar-refractivity contribution >= 4 is 17.5 Å². The molecule has 2 aromatic carbocycles. The number of benzene rings is 2. The molecule has 8 heteroatoms. The van der Waals surface area contributed by atoms with Crippen molar-refractivity contribution in [1.29, 1.82) is 5.26 Å². The summed E-state index contributed by atoms with van der Waals surface area (Å²) in [5.74, 6) is 0.751. The fourth-order valence-electron chi connectivity index (χ4n) is 5.04. The maximum absolute atomic E-state index is 13.6. The Kier molecular flexibility index (Phi) is 7.98. The maximum Gasteiger partial charge on any atom is 0.322 e. The highest BCUT2D eigenvalue weighted by Crippen LogP contribution is 2.30. The predicted octanol–water partition coefficient (Wildman–Crippen LogP) is 5.45. The topological polar surface area (TPSA) is 114 Å². The lowest BCUT2D eigenvalue weighted by Crippen LogP contribution is -2.48. The lowest BCUT2D eigenvalue weighted by molar-refractivity contribution is 0.240. The standard InChI is InChI=1S/C31H30N6O2/c32-19-23-8-17-29(34-21-23)36-25-11-15-27(16-12-25)37(31(39)35-20-22-5-2-1-3-6-22)26-13-9-24(10-14-26)28-7-4-18-33-30(28)38/h1-10,13-14,17-18,21,25,27H,11-12,15-16,20H2,(H,33,38)(H,34,36)(H,35,39)/t25-,27-. The minimum Gasteiger partial charge on any atom is -0.367 e. The number of hydrogen-bond acceptors (Lipinski definition) is 5. The summed E-state index contributed by atoms with van der Waals surface area (Å²) >= 11 is 0. The van der Waals surface area contributed by atoms with E-state index in [0.29, 0.717) is 17.7 Å². The van der Waals surface area contributed by atoms with E-state index in [-0.39, 0.29) is 23.7 Å². The van der Waals surface area contributed by atoms with Gasteiger partial charge >= 0.3 is 6.03 Å². The first-order chi connectivity index (χ1) is 19.1. The van der Waals surface area contributed by atoms with E-state index in [1.807, 2.05) is 65.6 Å². The van der Waals surface area contributed by atoms with Crippen molar-refractivity contribution in [2.45, 2.75) is 44.3 Å². The summed E-state index contributed by atoms with van der Waals surface area (Å²) in [5.41, 5.74) is 3.60. The first-order valence-electron chi connectivity index (χ1n) is 13.1. The summed E-state index contributed by atoms with van der Waals surface area (Å²) in [4.78, 5) is 34.7. The van der Waals surface area contributed by atoms with Crippen LogP contribution in [0.3, 0.4) is 0 Å². The van der Waals surface area contributed by atoms with Crippen molar-refractivity contribution in [2.75, 3.05) is 10.2 Å². The van der Waals surface area contributed by atoms with Crippen molar-refractivity contribution in [2.24, 2.45) is 0 Å². The van der Waals surface area contributed by atoms with Crippen LogP contribution in [0.2, 0.25) is 0 Å². The highest BCUT2D eigenvalue weighted by molar-refractivity contribution is 5.93. The second-order valence-electron chi connectivity index (χ2n) is 9.67. The first-order valence-corrected chi connectivity index (χ1v) is 13.1. The van der Waals surface area contributed by atoms with Gasteiger partial charge in [-0.2, -0.15) is 5.26 Å². The number of urea groups is 1. The van der Waals surface area contributed by atoms with Gasteiger partial charge in [0.1, 0.15) is 11.9 Å². The van der Waals surface area contributed by atoms with Crippen LogP contribution >= 0.6 is 0 Å². The van der Waals surface area contributed by atoms with E-state index in [1.54, 1.807) is 30.6 Å². The molecule has 1 aliphatic carbocycles. The van der Waals surface area contributed by atoms with Crippen LogP contribution in [0.4, 0.5) is 16.3 Å². The Labute approximate surface area is 227 Å². The number of hydrogen-bond donors (Lipinski definition) is 3. The van der Waals surface area contributed by atoms with E-state index in [1.165, 1.54) is 0 Å². The van der Waals surface area contributed by atoms with Gasteiger partial charge in [0.25, 0.3) is 5.56 Å². The molecule has 4 aromatic rings. The van der Waals surface area contributed by atoms with Crippen LogP contribution in [-0.4, -0.2) is 28.1 Å². The monoisotopic (exact) mass is 518 g/mol. The number of nitriles is 1. The van der Waals surface area contributed by atoms with Crippen LogP contribution in [0.1, 0.15) is 36.8 Å². The molecule has 1 aliphatic rings. The van der Waals surface area contributed by atoms with Gasteiger partial charge in [-0.3, -0.25) is 9.69 Å². The van der Waals surface area contributed by atoms with Crippen LogP contribution in [0, 0.1) is 11.3 Å². The molecule has 2 aromatic heterocycles. The molecule has 2 amide bonds. The number of aromatic amines is 1. The number of carbonyl (C=O) groups excluding carboxylic acids is 1. The molecule has 0 saturated heterocycles. The average Bonchev–Trinajstić information content (AvgIpc) is 2.99. The smallest absolute Gasteiger partial charge is 0.322 e. The zero-order chi connectivity index (χ0) is 27.0. The number of nitrogens with zero attached hydrogens (tertiary/aromatic N) is 3. The zero-order valence-electron chi connectivity index (χ0n) is 21.5. The number of aromatic nitrogens is 2. The SMILES string of the molecule is N#Cc1ccc(N[C@H]2CC[C@H](N(C(=O)NCc3ccccc3)c3ccc(-c4ccc[nH]c4=O)cc3)CC2)nc1. The Morgan fingerprint density at radius 1 is 0.974 bits per heavy atom. The van der Waals surface area contributed by atoms with E-state index in [0.717, 1.165) is 48.3 Å². The summed E-state index contributed by atoms with van der Waals surface area (Å²) in [5, 5.41) is 15.6. The van der Waals surface area contributed by atoms with Crippen LogP contribution in [0.15, 0.2) is 96.1 Å². The highest BCUT2D eigenvalue weighted by Gasteiger charge is 2.30. The van der Waals surface area contributed by atoms with Gasteiger partial charge in [-0.25, -0.2) is 9.78 Å². The van der Waals surface area contributed by atoms with E-state index >= 15 is 0 Å². The molecule has 0 spiro atoms. The Morgan fingerprint density at radius 2 is 1.74 bits per heavy atom. The number of pyridine rings is 2. The van der Waals surface area contributed by atoms with Crippen molar-refractivity contribution in [3.63, 3.8) is 0 Å². The molecule has 39 heavy (non-hydrogen) atoms. The highest BCUT2D eigenvalue weighted by atomic mass is 16.2. The van der Waals surface area contributed by atoms with Gasteiger partial charge in [-0.1, -0.05) is 42.5 Å². The lowest BCUT2D eigenvalue weighted by atomic mass is 9.89. The summed E-state index contributed by atoms with van der Waals surface area (Å²) in [6.07, 6.45) is 6.60. The van der Waals surface area contributed by atoms with E-state index < -0.39 is 0 Å². The minimum atomic E-state index is -0.148. The largest absolute Gasteiger partial charge is 0.367 e. The number of nitrogens with one attached hydrogen (secondary N) is 3. The number of rotatable bonds is 7. The summed E-state index contributed by atoms with van der Waals surface area (Å²) in [6.45, 7) is 0.439. The molecule has 8 nitrogen and oxygen atoms in total. The van der Waals surface area contributed by atoms with Crippen molar-refractivity contribution in [1.82, 2.24) is 15.3 Å². The normalized spacial score (nSPS) is 16.6. The molecule has 1 fully saturated rings. The van der Waals surface area contributed by atoms with Crippen LogP contribution < -0.4 is 21.1 Å². The summed E-state index contributed by atoms with van der Waals surface area (Å²) < 4.78 is 0. The lowest BCUT2D eigenvalue weighted by Gasteiger charge is -2.37. The molecule has 0 unspecified atom stereocenters. The average molecular weight is 519 g/mol. The number of anilines is 2. The van der Waals surface area contributed by atoms with Gasteiger partial charge in [0.2, 0.25) is 0 Å². The van der Waals surface area contributed by atoms with E-state index in [4.69, 9.17) is 5.26 Å². The zero-order valence-corrected chi connectivity index (χ0v) is 21.5. The van der Waals surface area contributed by atoms with Crippen LogP contribution in [0.5, 0.6) is 0 Å². The first kappa shape index (κ1) is 25.7. The van der Waals surface area contributed by atoms with Crippen molar-refractivity contribution in [3.05, 3.63) is 113 Å². The predicted molar refractivity (Wildman–Crippen MR) is 152 cm³/mol. The maximum atomic E-state index is 13.6. The number of carbonyl (C=O) groups is 1. The second kappa shape index (κ2) is 12.1. The molecule has 0 aliphatic heterocycles. The fraction of sp³-hybridized carbons (Fsp3) is 0.226. The molecule has 5 rings (SSSR count). The Balaban J connectivity index is 1.31. The molecular formula is C31H30N6O2. The minimum absolute atomic E-state index is 0.0266. The Morgan fingerprint density at radius 3 is 2.41 bits per heavy atom. The Bertz CT molecular complexity index is 1490. The second-order valence-corrected chi connectivity index (χ2v) is 9.67. The van der Waals surface area contributed by atoms with E-state index in [9.17, 15) is 9.59 Å². The van der Waals surface area contributed by atoms with Crippen LogP contribution in [0.25, 0.3) is 11.1 Å². The Hall–Kier alpha value is -4.90. The van der Waals surface area contributed by atoms with Gasteiger partial charge in [-0.05, 0) is 73.2 Å². The van der Waals surface area contributed by atoms with Gasteiger partial charge in [0.05, 0.1) is 5.56 Å². The molecule has 1 saturated carbocycles. The summed E-state index contributed by atoms with van der Waals surface area (Å²) in [6, 6.07) is 26.8. The van der Waals surface area contributed by atoms with Gasteiger partial charge in [0, 0.05) is 42.3 Å².